The predicted molar refractivity (Wildman–Crippen MR) is 315 cm³/mol. The van der Waals surface area contributed by atoms with Crippen LogP contribution >= 0.6 is 7.82 Å². The fourth-order valence-corrected chi connectivity index (χ4v) is 7.50. The smallest absolute Gasteiger partial charge is 0.268 e. The summed E-state index contributed by atoms with van der Waals surface area (Å²) < 4.78 is 23.2. The Morgan fingerprint density at radius 2 is 0.849 bits per heavy atom. The van der Waals surface area contributed by atoms with Gasteiger partial charge in [0.25, 0.3) is 7.82 Å². The normalized spacial score (nSPS) is 15.2. The zero-order chi connectivity index (χ0) is 53.5. The molecule has 0 aromatic heterocycles. The van der Waals surface area contributed by atoms with Gasteiger partial charge in [-0.1, -0.05) is 210 Å². The number of quaternary nitrogens is 1. The van der Waals surface area contributed by atoms with Crippen molar-refractivity contribution in [2.45, 2.75) is 187 Å². The summed E-state index contributed by atoms with van der Waals surface area (Å²) in [6.07, 6.45) is 84.3. The van der Waals surface area contributed by atoms with E-state index in [2.05, 4.69) is 177 Å². The van der Waals surface area contributed by atoms with Crippen LogP contribution in [0.5, 0.6) is 0 Å². The molecule has 2 N–H and O–H groups in total. The van der Waals surface area contributed by atoms with Gasteiger partial charge in [0.2, 0.25) is 5.91 Å². The van der Waals surface area contributed by atoms with Crippen LogP contribution in [-0.2, 0) is 18.4 Å². The number of nitrogens with one attached hydrogen (secondary N) is 1. The summed E-state index contributed by atoms with van der Waals surface area (Å²) in [5.41, 5.74) is 0. The molecule has 0 bridgehead atoms. The molecule has 3 unspecified atom stereocenters. The molecule has 0 rings (SSSR count). The fraction of sp³-hybridized carbons (Fsp3) is 0.547. The molecule has 0 aromatic rings. The number of phosphoric acid groups is 1. The Labute approximate surface area is 447 Å². The van der Waals surface area contributed by atoms with Crippen molar-refractivity contribution in [3.05, 3.63) is 170 Å². The number of phosphoric ester groups is 1. The van der Waals surface area contributed by atoms with Gasteiger partial charge in [-0.25, -0.2) is 0 Å². The Kier molecular flexibility index (Phi) is 49.7. The lowest BCUT2D eigenvalue weighted by Gasteiger charge is -2.29. The highest BCUT2D eigenvalue weighted by atomic mass is 31.2. The first-order chi connectivity index (χ1) is 35.5. The molecule has 8 nitrogen and oxygen atoms in total. The van der Waals surface area contributed by atoms with Crippen LogP contribution in [0.15, 0.2) is 170 Å². The van der Waals surface area contributed by atoms with Crippen molar-refractivity contribution < 1.29 is 32.9 Å². The highest BCUT2D eigenvalue weighted by Gasteiger charge is 2.23. The third-order valence-corrected chi connectivity index (χ3v) is 12.1. The zero-order valence-electron chi connectivity index (χ0n) is 46.5. The molecular formula is C64H103N2O6P. The van der Waals surface area contributed by atoms with E-state index in [4.69, 9.17) is 9.05 Å². The van der Waals surface area contributed by atoms with E-state index in [1.807, 2.05) is 27.2 Å². The molecule has 0 spiro atoms. The number of aliphatic hydroxyl groups is 1. The largest absolute Gasteiger partial charge is 0.756 e. The maximum absolute atomic E-state index is 12.9. The van der Waals surface area contributed by atoms with Crippen LogP contribution in [0.25, 0.3) is 0 Å². The van der Waals surface area contributed by atoms with Gasteiger partial charge < -0.3 is 28.8 Å². The number of hydrogen-bond donors (Lipinski definition) is 2. The van der Waals surface area contributed by atoms with Crippen molar-refractivity contribution in [3.8, 4) is 0 Å². The van der Waals surface area contributed by atoms with E-state index < -0.39 is 26.6 Å². The van der Waals surface area contributed by atoms with E-state index >= 15 is 0 Å². The van der Waals surface area contributed by atoms with Crippen LogP contribution in [-0.4, -0.2) is 68.5 Å². The Bertz CT molecular complexity index is 1780. The fourth-order valence-electron chi connectivity index (χ4n) is 6.77. The van der Waals surface area contributed by atoms with Crippen LogP contribution < -0.4 is 10.2 Å². The number of hydrogen-bond acceptors (Lipinski definition) is 6. The molecule has 0 heterocycles. The summed E-state index contributed by atoms with van der Waals surface area (Å²) in [7, 11) is 1.18. The number of carbonyl (C=O) groups is 1. The minimum Gasteiger partial charge on any atom is -0.756 e. The first-order valence-corrected chi connectivity index (χ1v) is 29.5. The molecule has 9 heteroatoms. The number of aliphatic hydroxyl groups excluding tert-OH is 1. The van der Waals surface area contributed by atoms with Crippen molar-refractivity contribution in [1.82, 2.24) is 5.32 Å². The molecule has 73 heavy (non-hydrogen) atoms. The van der Waals surface area contributed by atoms with E-state index in [-0.39, 0.29) is 18.9 Å². The van der Waals surface area contributed by atoms with Gasteiger partial charge in [0.15, 0.2) is 0 Å². The summed E-state index contributed by atoms with van der Waals surface area (Å²) in [5.74, 6) is -0.253. The summed E-state index contributed by atoms with van der Waals surface area (Å²) in [4.78, 5) is 25.4. The van der Waals surface area contributed by atoms with Crippen LogP contribution in [0.4, 0.5) is 0 Å². The van der Waals surface area contributed by atoms with Gasteiger partial charge in [-0.3, -0.25) is 9.36 Å². The summed E-state index contributed by atoms with van der Waals surface area (Å²) in [5, 5.41) is 13.8. The average Bonchev–Trinajstić information content (AvgIpc) is 3.35. The van der Waals surface area contributed by atoms with Crippen molar-refractivity contribution in [3.63, 3.8) is 0 Å². The molecule has 0 aliphatic rings. The molecule has 0 aromatic carbocycles. The zero-order valence-corrected chi connectivity index (χ0v) is 47.4. The minimum atomic E-state index is -4.63. The van der Waals surface area contributed by atoms with Gasteiger partial charge in [0.05, 0.1) is 39.9 Å². The Morgan fingerprint density at radius 3 is 1.25 bits per heavy atom. The summed E-state index contributed by atoms with van der Waals surface area (Å²) in [6.45, 7) is 4.41. The number of amides is 1. The monoisotopic (exact) mass is 1030 g/mol. The van der Waals surface area contributed by atoms with Crippen LogP contribution in [0.1, 0.15) is 174 Å². The summed E-state index contributed by atoms with van der Waals surface area (Å²) >= 11 is 0. The maximum Gasteiger partial charge on any atom is 0.268 e. The molecule has 0 saturated heterocycles. The molecule has 0 fully saturated rings. The Morgan fingerprint density at radius 1 is 0.493 bits per heavy atom. The van der Waals surface area contributed by atoms with E-state index in [1.54, 1.807) is 6.08 Å². The third-order valence-electron chi connectivity index (χ3n) is 11.1. The van der Waals surface area contributed by atoms with Gasteiger partial charge in [-0.15, -0.1) is 0 Å². The Hall–Kier alpha value is -4.14. The SMILES string of the molecule is CC/C=C\C/C=C\C/C=C\C/C=C\C/C=C\C/C=C\C/C=C\C/C=C\C/C=C\C/C=C\C/C=C\CCCCCC(=O)NC(COP(=O)([O-])OCC[N+](C)(C)C)C(O)/C=C/CC/C=C/CC/C=C/CCCCCC. The Balaban J connectivity index is 4.32. The van der Waals surface area contributed by atoms with Crippen molar-refractivity contribution >= 4 is 13.7 Å². The molecule has 0 saturated carbocycles. The number of rotatable bonds is 48. The van der Waals surface area contributed by atoms with Crippen molar-refractivity contribution in [1.29, 1.82) is 0 Å². The van der Waals surface area contributed by atoms with Gasteiger partial charge in [-0.2, -0.15) is 0 Å². The summed E-state index contributed by atoms with van der Waals surface area (Å²) in [6, 6.07) is -0.940. The van der Waals surface area contributed by atoms with Gasteiger partial charge in [-0.05, 0) is 128 Å². The standard InChI is InChI=1S/C64H103N2O6P/c1-6-8-10-12-14-16-18-20-22-23-24-25-26-27-28-29-30-31-32-33-34-35-36-37-38-39-40-41-42-43-44-46-48-50-52-54-56-58-64(68)65-62(61-72-73(69,70)71-60-59-66(3,4)5)63(67)57-55-53-51-49-47-45-21-19-17-15-13-11-9-7-2/h8,10,14,16-17,19-20,22,24-25,27-28,30-31,33-34,36-37,39-40,42-43,46-49,55,57,62-63,67H,6-7,9,11-13,15,18,21,23,26,29,32,35,38,41,44-45,50-54,56,58-61H2,1-5H3,(H-,65,68,69,70)/b10-8-,16-14-,19-17+,22-20-,25-24-,28-27-,31-30-,34-33-,37-36-,40-39-,43-42-,48-46-,49-47+,57-55+. The molecule has 1 amide bonds. The molecular weight excluding hydrogens is 924 g/mol. The number of allylic oxidation sites excluding steroid dienone is 27. The van der Waals surface area contributed by atoms with Crippen molar-refractivity contribution in [2.75, 3.05) is 40.9 Å². The third kappa shape index (κ3) is 55.4. The van der Waals surface area contributed by atoms with Gasteiger partial charge in [0, 0.05) is 6.42 Å². The number of unbranched alkanes of at least 4 members (excludes halogenated alkanes) is 9. The first-order valence-electron chi connectivity index (χ1n) is 28.0. The van der Waals surface area contributed by atoms with Crippen LogP contribution in [0, 0.1) is 0 Å². The molecule has 0 radical (unpaired) electrons. The number of likely N-dealkylation sites (N-methyl/N-ethyl adjacent to an activating group) is 1. The number of nitrogens with zero attached hydrogens (tertiary/aromatic N) is 1. The second kappa shape index (κ2) is 52.7. The highest BCUT2D eigenvalue weighted by Crippen LogP contribution is 2.38. The minimum absolute atomic E-state index is 0.0259. The lowest BCUT2D eigenvalue weighted by molar-refractivity contribution is -0.870. The quantitative estimate of drug-likeness (QED) is 0.0272. The molecule has 410 valence electrons. The molecule has 0 aliphatic carbocycles. The van der Waals surface area contributed by atoms with E-state index in [0.717, 1.165) is 116 Å². The first kappa shape index (κ1) is 68.9. The number of carbonyl (C=O) groups excluding carboxylic acids is 1. The van der Waals surface area contributed by atoms with E-state index in [0.29, 0.717) is 23.9 Å². The topological polar surface area (TPSA) is 108 Å². The van der Waals surface area contributed by atoms with E-state index in [1.165, 1.54) is 25.7 Å². The van der Waals surface area contributed by atoms with E-state index in [9.17, 15) is 19.4 Å². The second-order valence-electron chi connectivity index (χ2n) is 19.2. The average molecular weight is 1030 g/mol. The van der Waals surface area contributed by atoms with Crippen LogP contribution in [0.3, 0.4) is 0 Å². The van der Waals surface area contributed by atoms with Gasteiger partial charge >= 0.3 is 0 Å². The van der Waals surface area contributed by atoms with Gasteiger partial charge in [0.1, 0.15) is 13.2 Å². The van der Waals surface area contributed by atoms with Crippen LogP contribution in [0.2, 0.25) is 0 Å². The highest BCUT2D eigenvalue weighted by molar-refractivity contribution is 7.45. The van der Waals surface area contributed by atoms with Crippen molar-refractivity contribution in [2.24, 2.45) is 0 Å². The lowest BCUT2D eigenvalue weighted by Crippen LogP contribution is -2.45. The lowest BCUT2D eigenvalue weighted by atomic mass is 10.1. The molecule has 3 atom stereocenters. The molecule has 0 aliphatic heterocycles. The second-order valence-corrected chi connectivity index (χ2v) is 20.6. The maximum atomic E-state index is 12.9. The predicted octanol–water partition coefficient (Wildman–Crippen LogP) is 16.6.